The lowest BCUT2D eigenvalue weighted by Gasteiger charge is -2.19. The number of nitrogens with one attached hydrogen (secondary N) is 1. The van der Waals surface area contributed by atoms with E-state index in [2.05, 4.69) is 26.3 Å². The topological polar surface area (TPSA) is 127 Å². The summed E-state index contributed by atoms with van der Waals surface area (Å²) in [7, 11) is -2.39. The van der Waals surface area contributed by atoms with Crippen molar-refractivity contribution < 1.29 is 18.1 Å². The quantitative estimate of drug-likeness (QED) is 0.397. The zero-order valence-corrected chi connectivity index (χ0v) is 18.0. The van der Waals surface area contributed by atoms with E-state index < -0.39 is 26.7 Å². The Kier molecular flexibility index (Phi) is 6.17. The van der Waals surface area contributed by atoms with Crippen LogP contribution in [0.15, 0.2) is 70.2 Å². The summed E-state index contributed by atoms with van der Waals surface area (Å²) in [6, 6.07) is 14.4. The van der Waals surface area contributed by atoms with E-state index in [1.807, 2.05) is 0 Å². The van der Waals surface area contributed by atoms with Crippen molar-refractivity contribution >= 4 is 49.1 Å². The maximum atomic E-state index is 12.9. The number of halogens is 1. The van der Waals surface area contributed by atoms with Gasteiger partial charge in [-0.25, -0.2) is 8.42 Å². The first-order valence-electron chi connectivity index (χ1n) is 8.50. The number of benzene rings is 2. The van der Waals surface area contributed by atoms with E-state index in [-0.39, 0.29) is 21.6 Å². The molecular formula is C18H16BrN5O5S. The number of nitrogens with zero attached hydrogens (tertiary/aromatic N) is 4. The van der Waals surface area contributed by atoms with Gasteiger partial charge in [0.15, 0.2) is 0 Å². The molecule has 0 atom stereocenters. The van der Waals surface area contributed by atoms with Gasteiger partial charge in [-0.2, -0.15) is 4.68 Å². The van der Waals surface area contributed by atoms with Gasteiger partial charge in [-0.3, -0.25) is 9.10 Å². The van der Waals surface area contributed by atoms with Gasteiger partial charge in [0.25, 0.3) is 10.0 Å². The second-order valence-corrected chi connectivity index (χ2v) is 8.96. The maximum absolute atomic E-state index is 12.9. The predicted octanol–water partition coefficient (Wildman–Crippen LogP) is 3.02. The molecule has 0 unspecified atom stereocenters. The van der Waals surface area contributed by atoms with E-state index >= 15 is 0 Å². The molecule has 1 N–H and O–H groups in total. The molecule has 1 heterocycles. The summed E-state index contributed by atoms with van der Waals surface area (Å²) in [5.74, 6) is -0.925. The molecule has 0 saturated carbocycles. The minimum atomic E-state index is -3.84. The number of sulfonamides is 1. The molecular weight excluding hydrogens is 478 g/mol. The van der Waals surface area contributed by atoms with E-state index in [1.54, 1.807) is 36.4 Å². The molecule has 0 spiro atoms. The van der Waals surface area contributed by atoms with E-state index in [0.29, 0.717) is 5.69 Å². The van der Waals surface area contributed by atoms with Crippen LogP contribution in [0, 0.1) is 10.1 Å². The number of carbonyl (C=O) groups excluding carboxylic acids is 1. The van der Waals surface area contributed by atoms with Crippen molar-refractivity contribution in [1.82, 2.24) is 9.78 Å². The van der Waals surface area contributed by atoms with Gasteiger partial charge in [0.05, 0.1) is 21.9 Å². The van der Waals surface area contributed by atoms with Crippen molar-refractivity contribution in [2.45, 2.75) is 11.4 Å². The average molecular weight is 494 g/mol. The highest BCUT2D eigenvalue weighted by atomic mass is 79.9. The monoisotopic (exact) mass is 493 g/mol. The normalized spacial score (nSPS) is 11.1. The van der Waals surface area contributed by atoms with Crippen LogP contribution >= 0.6 is 15.9 Å². The lowest BCUT2D eigenvalue weighted by molar-refractivity contribution is -0.390. The lowest BCUT2D eigenvalue weighted by Crippen LogP contribution is -2.26. The van der Waals surface area contributed by atoms with Gasteiger partial charge >= 0.3 is 5.82 Å². The van der Waals surface area contributed by atoms with Crippen molar-refractivity contribution in [3.05, 3.63) is 75.4 Å². The fourth-order valence-corrected chi connectivity index (χ4v) is 4.31. The molecule has 1 amide bonds. The van der Waals surface area contributed by atoms with E-state index in [1.165, 1.54) is 31.4 Å². The third-order valence-corrected chi connectivity index (χ3v) is 6.41. The molecule has 0 fully saturated rings. The molecule has 3 rings (SSSR count). The molecule has 0 bridgehead atoms. The Labute approximate surface area is 180 Å². The van der Waals surface area contributed by atoms with Crippen LogP contribution in [0.25, 0.3) is 0 Å². The number of amides is 1. The van der Waals surface area contributed by atoms with Gasteiger partial charge in [-0.15, -0.1) is 0 Å². The number of para-hydroxylation sites is 1. The summed E-state index contributed by atoms with van der Waals surface area (Å²) < 4.78 is 28.2. The third kappa shape index (κ3) is 4.66. The molecule has 1 aromatic heterocycles. The lowest BCUT2D eigenvalue weighted by atomic mass is 10.3. The summed E-state index contributed by atoms with van der Waals surface area (Å²) in [6.07, 6.45) is 1.31. The van der Waals surface area contributed by atoms with Crippen LogP contribution in [-0.2, 0) is 21.4 Å². The fraction of sp³-hybridized carbons (Fsp3) is 0.111. The Morgan fingerprint density at radius 3 is 2.57 bits per heavy atom. The van der Waals surface area contributed by atoms with Gasteiger partial charge in [0.1, 0.15) is 11.0 Å². The number of rotatable bonds is 7. The van der Waals surface area contributed by atoms with E-state index in [9.17, 15) is 23.3 Å². The van der Waals surface area contributed by atoms with E-state index in [0.717, 1.165) is 8.99 Å². The van der Waals surface area contributed by atoms with Gasteiger partial charge in [-0.05, 0) is 51.2 Å². The molecule has 156 valence electrons. The molecule has 30 heavy (non-hydrogen) atoms. The summed E-state index contributed by atoms with van der Waals surface area (Å²) in [5.41, 5.74) is 0.765. The highest BCUT2D eigenvalue weighted by molar-refractivity contribution is 9.10. The van der Waals surface area contributed by atoms with Crippen molar-refractivity contribution in [1.29, 1.82) is 0 Å². The highest BCUT2D eigenvalue weighted by Crippen LogP contribution is 2.24. The number of hydrogen-bond donors (Lipinski definition) is 1. The molecule has 12 heteroatoms. The van der Waals surface area contributed by atoms with Gasteiger partial charge < -0.3 is 15.4 Å². The summed E-state index contributed by atoms with van der Waals surface area (Å²) >= 11 is 3.01. The molecule has 3 aromatic rings. The van der Waals surface area contributed by atoms with Crippen LogP contribution in [0.2, 0.25) is 0 Å². The number of nitro groups is 1. The van der Waals surface area contributed by atoms with Crippen LogP contribution in [0.4, 0.5) is 17.2 Å². The van der Waals surface area contributed by atoms with Crippen molar-refractivity contribution in [2.75, 3.05) is 16.7 Å². The molecule has 0 aliphatic rings. The number of anilines is 2. The number of aromatic nitrogens is 2. The number of carbonyl (C=O) groups is 1. The van der Waals surface area contributed by atoms with Crippen LogP contribution in [0.1, 0.15) is 0 Å². The van der Waals surface area contributed by atoms with Gasteiger partial charge in [0.2, 0.25) is 5.91 Å². The zero-order chi connectivity index (χ0) is 21.9. The first kappa shape index (κ1) is 21.5. The Hall–Kier alpha value is -3.25. The first-order valence-corrected chi connectivity index (χ1v) is 10.7. The van der Waals surface area contributed by atoms with Crippen LogP contribution in [0.5, 0.6) is 0 Å². The Balaban J connectivity index is 1.76. The number of hydrogen-bond acceptors (Lipinski definition) is 6. The Morgan fingerprint density at radius 1 is 1.23 bits per heavy atom. The second kappa shape index (κ2) is 8.63. The minimum absolute atomic E-state index is 0.00382. The molecule has 0 radical (unpaired) electrons. The van der Waals surface area contributed by atoms with Gasteiger partial charge in [0, 0.05) is 12.7 Å². The minimum Gasteiger partial charge on any atom is -0.358 e. The largest absolute Gasteiger partial charge is 0.404 e. The predicted molar refractivity (Wildman–Crippen MR) is 114 cm³/mol. The Bertz CT molecular complexity index is 1200. The highest BCUT2D eigenvalue weighted by Gasteiger charge is 2.22. The second-order valence-electron chi connectivity index (χ2n) is 6.14. The molecule has 0 aliphatic carbocycles. The standard InChI is InChI=1S/C18H16BrN5O5S/c1-22(14-7-3-2-4-8-14)30(28,29)15-9-5-6-13(10-15)20-17(25)12-23-11-16(19)18(21-23)24(26)27/h2-11H,12H2,1H3,(H,20,25). The average Bonchev–Trinajstić information content (AvgIpc) is 3.08. The van der Waals surface area contributed by atoms with E-state index in [4.69, 9.17) is 0 Å². The third-order valence-electron chi connectivity index (χ3n) is 4.07. The summed E-state index contributed by atoms with van der Waals surface area (Å²) in [6.45, 7) is -0.284. The van der Waals surface area contributed by atoms with Crippen LogP contribution < -0.4 is 9.62 Å². The molecule has 10 nitrogen and oxygen atoms in total. The van der Waals surface area contributed by atoms with Gasteiger partial charge in [-0.1, -0.05) is 24.3 Å². The first-order chi connectivity index (χ1) is 14.2. The molecule has 2 aromatic carbocycles. The van der Waals surface area contributed by atoms with Crippen LogP contribution in [-0.4, -0.2) is 36.1 Å². The smallest absolute Gasteiger partial charge is 0.358 e. The maximum Gasteiger partial charge on any atom is 0.404 e. The van der Waals surface area contributed by atoms with Crippen molar-refractivity contribution in [3.63, 3.8) is 0 Å². The summed E-state index contributed by atoms with van der Waals surface area (Å²) in [4.78, 5) is 22.4. The fourth-order valence-electron chi connectivity index (χ4n) is 2.61. The van der Waals surface area contributed by atoms with Crippen molar-refractivity contribution in [3.8, 4) is 0 Å². The van der Waals surface area contributed by atoms with Crippen LogP contribution in [0.3, 0.4) is 0 Å². The molecule has 0 saturated heterocycles. The van der Waals surface area contributed by atoms with Crippen molar-refractivity contribution in [2.24, 2.45) is 0 Å². The zero-order valence-electron chi connectivity index (χ0n) is 15.6. The molecule has 0 aliphatic heterocycles. The SMILES string of the molecule is CN(c1ccccc1)S(=O)(=O)c1cccc(NC(=O)Cn2cc(Br)c([N+](=O)[O-])n2)c1. The summed E-state index contributed by atoms with van der Waals surface area (Å²) in [5, 5.41) is 17.1. The Morgan fingerprint density at radius 2 is 1.93 bits per heavy atom.